The first-order chi connectivity index (χ1) is 8.72. The minimum Gasteiger partial charge on any atom is -0.493 e. The van der Waals surface area contributed by atoms with Crippen LogP contribution in [0.15, 0.2) is 36.4 Å². The van der Waals surface area contributed by atoms with E-state index in [9.17, 15) is 4.79 Å². The molecule has 0 radical (unpaired) electrons. The number of rotatable bonds is 5. The molecule has 0 aliphatic rings. The summed E-state index contributed by atoms with van der Waals surface area (Å²) < 4.78 is 5.73. The van der Waals surface area contributed by atoms with Crippen molar-refractivity contribution in [3.05, 3.63) is 41.3 Å². The molecule has 1 aromatic carbocycles. The van der Waals surface area contributed by atoms with Crippen LogP contribution in [0.25, 0.3) is 10.4 Å². The lowest BCUT2D eigenvalue weighted by molar-refractivity contribution is 0.102. The SMILES string of the molecule is CCCOc1ccccc1-c1ccc(C(C)=O)s1. The first-order valence-corrected chi connectivity index (χ1v) is 6.87. The second kappa shape index (κ2) is 5.83. The summed E-state index contributed by atoms with van der Waals surface area (Å²) in [6.45, 7) is 4.39. The van der Waals surface area contributed by atoms with Gasteiger partial charge in [0.1, 0.15) is 5.75 Å². The molecule has 0 fully saturated rings. The van der Waals surface area contributed by atoms with Crippen LogP contribution in [-0.2, 0) is 0 Å². The molecule has 0 N–H and O–H groups in total. The van der Waals surface area contributed by atoms with E-state index in [4.69, 9.17) is 4.74 Å². The van der Waals surface area contributed by atoms with Gasteiger partial charge in [-0.15, -0.1) is 11.3 Å². The fraction of sp³-hybridized carbons (Fsp3) is 0.267. The molecule has 1 heterocycles. The number of ketones is 1. The molecular formula is C15H16O2S. The Hall–Kier alpha value is -1.61. The zero-order chi connectivity index (χ0) is 13.0. The predicted molar refractivity (Wildman–Crippen MR) is 75.5 cm³/mol. The number of hydrogen-bond donors (Lipinski definition) is 0. The lowest BCUT2D eigenvalue weighted by atomic mass is 10.1. The van der Waals surface area contributed by atoms with E-state index in [2.05, 4.69) is 6.92 Å². The molecule has 94 valence electrons. The second-order valence-electron chi connectivity index (χ2n) is 4.06. The Morgan fingerprint density at radius 2 is 2.00 bits per heavy atom. The summed E-state index contributed by atoms with van der Waals surface area (Å²) in [7, 11) is 0. The predicted octanol–water partition coefficient (Wildman–Crippen LogP) is 4.41. The quantitative estimate of drug-likeness (QED) is 0.744. The molecule has 18 heavy (non-hydrogen) atoms. The van der Waals surface area contributed by atoms with Crippen molar-refractivity contribution < 1.29 is 9.53 Å². The van der Waals surface area contributed by atoms with E-state index in [1.165, 1.54) is 11.3 Å². The largest absolute Gasteiger partial charge is 0.493 e. The van der Waals surface area contributed by atoms with E-state index >= 15 is 0 Å². The maximum Gasteiger partial charge on any atom is 0.169 e. The molecule has 0 aliphatic heterocycles. The van der Waals surface area contributed by atoms with Gasteiger partial charge in [-0.2, -0.15) is 0 Å². The third kappa shape index (κ3) is 2.79. The molecule has 0 saturated heterocycles. The van der Waals surface area contributed by atoms with Gasteiger partial charge in [-0.3, -0.25) is 4.79 Å². The Morgan fingerprint density at radius 3 is 2.67 bits per heavy atom. The summed E-state index contributed by atoms with van der Waals surface area (Å²) in [5, 5.41) is 0. The minimum atomic E-state index is 0.109. The Labute approximate surface area is 111 Å². The number of para-hydroxylation sites is 1. The van der Waals surface area contributed by atoms with Crippen molar-refractivity contribution in [3.63, 3.8) is 0 Å². The molecule has 2 aromatic rings. The molecule has 0 spiro atoms. The van der Waals surface area contributed by atoms with Crippen LogP contribution in [0.1, 0.15) is 29.9 Å². The summed E-state index contributed by atoms with van der Waals surface area (Å²) in [5.41, 5.74) is 1.06. The molecule has 0 aliphatic carbocycles. The molecule has 1 aromatic heterocycles. The first-order valence-electron chi connectivity index (χ1n) is 6.05. The van der Waals surface area contributed by atoms with Crippen LogP contribution in [0.5, 0.6) is 5.75 Å². The molecule has 0 saturated carbocycles. The van der Waals surface area contributed by atoms with E-state index in [0.29, 0.717) is 6.61 Å². The van der Waals surface area contributed by atoms with E-state index in [1.54, 1.807) is 6.92 Å². The Morgan fingerprint density at radius 1 is 1.22 bits per heavy atom. The van der Waals surface area contributed by atoms with Crippen LogP contribution >= 0.6 is 11.3 Å². The number of benzene rings is 1. The smallest absolute Gasteiger partial charge is 0.169 e. The van der Waals surface area contributed by atoms with Gasteiger partial charge in [0.15, 0.2) is 5.78 Å². The normalized spacial score (nSPS) is 10.3. The van der Waals surface area contributed by atoms with Crippen molar-refractivity contribution in [2.24, 2.45) is 0 Å². The topological polar surface area (TPSA) is 26.3 Å². The van der Waals surface area contributed by atoms with Crippen LogP contribution < -0.4 is 4.74 Å². The van der Waals surface area contributed by atoms with Gasteiger partial charge < -0.3 is 4.74 Å². The van der Waals surface area contributed by atoms with Gasteiger partial charge in [-0.25, -0.2) is 0 Å². The van der Waals surface area contributed by atoms with Gasteiger partial charge in [-0.05, 0) is 37.6 Å². The summed E-state index contributed by atoms with van der Waals surface area (Å²) in [5.74, 6) is 0.995. The number of ether oxygens (including phenoxy) is 1. The number of carbonyl (C=O) groups excluding carboxylic acids is 1. The first kappa shape index (κ1) is 12.8. The maximum atomic E-state index is 11.3. The van der Waals surface area contributed by atoms with Gasteiger partial charge in [0.25, 0.3) is 0 Å². The summed E-state index contributed by atoms with van der Waals surface area (Å²) in [6.07, 6.45) is 0.984. The highest BCUT2D eigenvalue weighted by molar-refractivity contribution is 7.17. The van der Waals surface area contributed by atoms with Gasteiger partial charge in [-0.1, -0.05) is 19.1 Å². The molecule has 0 unspecified atom stereocenters. The van der Waals surface area contributed by atoms with Crippen LogP contribution in [0, 0.1) is 0 Å². The van der Waals surface area contributed by atoms with E-state index in [1.807, 2.05) is 36.4 Å². The van der Waals surface area contributed by atoms with Crippen LogP contribution in [0.2, 0.25) is 0 Å². The van der Waals surface area contributed by atoms with E-state index in [0.717, 1.165) is 27.5 Å². The molecule has 3 heteroatoms. The van der Waals surface area contributed by atoms with Crippen molar-refractivity contribution in [1.82, 2.24) is 0 Å². The Kier molecular flexibility index (Phi) is 4.15. The molecule has 2 nitrogen and oxygen atoms in total. The molecule has 0 atom stereocenters. The van der Waals surface area contributed by atoms with Gasteiger partial charge >= 0.3 is 0 Å². The molecule has 2 rings (SSSR count). The number of carbonyl (C=O) groups is 1. The van der Waals surface area contributed by atoms with Crippen molar-refractivity contribution >= 4 is 17.1 Å². The zero-order valence-corrected chi connectivity index (χ0v) is 11.4. The third-order valence-electron chi connectivity index (χ3n) is 2.57. The number of Topliss-reactive ketones (excluding diaryl/α,β-unsaturated/α-hetero) is 1. The zero-order valence-electron chi connectivity index (χ0n) is 10.6. The molecule has 0 bridgehead atoms. The monoisotopic (exact) mass is 260 g/mol. The standard InChI is InChI=1S/C15H16O2S/c1-3-10-17-13-7-5-4-6-12(13)15-9-8-14(18-15)11(2)16/h4-9H,3,10H2,1-2H3. The second-order valence-corrected chi connectivity index (χ2v) is 5.15. The van der Waals surface area contributed by atoms with E-state index < -0.39 is 0 Å². The average Bonchev–Trinajstić information content (AvgIpc) is 2.86. The van der Waals surface area contributed by atoms with E-state index in [-0.39, 0.29) is 5.78 Å². The van der Waals surface area contributed by atoms with Crippen molar-refractivity contribution in [1.29, 1.82) is 0 Å². The highest BCUT2D eigenvalue weighted by atomic mass is 32.1. The maximum absolute atomic E-state index is 11.3. The molecular weight excluding hydrogens is 244 g/mol. The highest BCUT2D eigenvalue weighted by Gasteiger charge is 2.10. The summed E-state index contributed by atoms with van der Waals surface area (Å²) in [6, 6.07) is 11.8. The lowest BCUT2D eigenvalue weighted by Gasteiger charge is -2.09. The number of hydrogen-bond acceptors (Lipinski definition) is 3. The fourth-order valence-electron chi connectivity index (χ4n) is 1.68. The third-order valence-corrected chi connectivity index (χ3v) is 3.79. The van der Waals surface area contributed by atoms with Crippen LogP contribution in [0.3, 0.4) is 0 Å². The van der Waals surface area contributed by atoms with Gasteiger partial charge in [0.2, 0.25) is 0 Å². The van der Waals surface area contributed by atoms with Crippen LogP contribution in [-0.4, -0.2) is 12.4 Å². The van der Waals surface area contributed by atoms with Crippen LogP contribution in [0.4, 0.5) is 0 Å². The Balaban J connectivity index is 2.33. The van der Waals surface area contributed by atoms with Gasteiger partial charge in [0, 0.05) is 10.4 Å². The fourth-order valence-corrected chi connectivity index (χ4v) is 2.61. The summed E-state index contributed by atoms with van der Waals surface area (Å²) in [4.78, 5) is 13.2. The van der Waals surface area contributed by atoms with Crippen molar-refractivity contribution in [2.45, 2.75) is 20.3 Å². The average molecular weight is 260 g/mol. The summed E-state index contributed by atoms with van der Waals surface area (Å²) >= 11 is 1.51. The number of thiophene rings is 1. The Bertz CT molecular complexity index is 543. The lowest BCUT2D eigenvalue weighted by Crippen LogP contribution is -1.96. The highest BCUT2D eigenvalue weighted by Crippen LogP contribution is 2.35. The molecule has 0 amide bonds. The van der Waals surface area contributed by atoms with Crippen molar-refractivity contribution in [3.8, 4) is 16.2 Å². The van der Waals surface area contributed by atoms with Crippen molar-refractivity contribution in [2.75, 3.05) is 6.61 Å². The minimum absolute atomic E-state index is 0.109. The van der Waals surface area contributed by atoms with Gasteiger partial charge in [0.05, 0.1) is 11.5 Å².